The van der Waals surface area contributed by atoms with Crippen molar-refractivity contribution in [3.8, 4) is 5.75 Å². The highest BCUT2D eigenvalue weighted by molar-refractivity contribution is 6.31. The van der Waals surface area contributed by atoms with Crippen LogP contribution in [-0.2, 0) is 14.3 Å². The number of esters is 1. The number of carbonyl (C=O) groups excluding carboxylic acids is 2. The molecule has 1 aromatic rings. The molecule has 1 aromatic carbocycles. The summed E-state index contributed by atoms with van der Waals surface area (Å²) in [5.74, 6) is -0.105. The molecular weight excluding hydrogens is 318 g/mol. The fraction of sp³-hybridized carbons (Fsp3) is 0.412. The SMILES string of the molecule is COc1ccc(Cl)cc1NC(=O)[C@@H](C)OC(=O)C[C@H]1C=CCC1. The predicted octanol–water partition coefficient (Wildman–Crippen LogP) is 3.58. The molecule has 0 aliphatic heterocycles. The zero-order chi connectivity index (χ0) is 16.8. The number of methoxy groups -OCH3 is 1. The average molecular weight is 338 g/mol. The number of halogens is 1. The molecule has 0 fully saturated rings. The topological polar surface area (TPSA) is 64.6 Å². The Morgan fingerprint density at radius 2 is 2.22 bits per heavy atom. The Morgan fingerprint density at radius 3 is 2.87 bits per heavy atom. The second kappa shape index (κ2) is 8.02. The monoisotopic (exact) mass is 337 g/mol. The molecule has 0 saturated carbocycles. The van der Waals surface area contributed by atoms with Crippen LogP contribution in [0.15, 0.2) is 30.4 Å². The predicted molar refractivity (Wildman–Crippen MR) is 88.7 cm³/mol. The average Bonchev–Trinajstić information content (AvgIpc) is 3.00. The lowest BCUT2D eigenvalue weighted by atomic mass is 10.1. The third kappa shape index (κ3) is 4.99. The first-order valence-corrected chi connectivity index (χ1v) is 7.88. The number of allylic oxidation sites excluding steroid dienone is 2. The van der Waals surface area contributed by atoms with E-state index in [9.17, 15) is 9.59 Å². The highest BCUT2D eigenvalue weighted by Gasteiger charge is 2.21. The Labute approximate surface area is 140 Å². The van der Waals surface area contributed by atoms with Crippen molar-refractivity contribution >= 4 is 29.2 Å². The number of hydrogen-bond acceptors (Lipinski definition) is 4. The fourth-order valence-corrected chi connectivity index (χ4v) is 2.56. The van der Waals surface area contributed by atoms with Crippen molar-refractivity contribution in [2.75, 3.05) is 12.4 Å². The Kier molecular flexibility index (Phi) is 6.04. The summed E-state index contributed by atoms with van der Waals surface area (Å²) in [4.78, 5) is 24.0. The van der Waals surface area contributed by atoms with Gasteiger partial charge in [0.1, 0.15) is 5.75 Å². The van der Waals surface area contributed by atoms with E-state index in [1.54, 1.807) is 18.2 Å². The van der Waals surface area contributed by atoms with Gasteiger partial charge < -0.3 is 14.8 Å². The highest BCUT2D eigenvalue weighted by atomic mass is 35.5. The number of amides is 1. The molecule has 1 N–H and O–H groups in total. The number of benzene rings is 1. The molecule has 0 spiro atoms. The van der Waals surface area contributed by atoms with Crippen LogP contribution in [0.2, 0.25) is 5.02 Å². The number of nitrogens with one attached hydrogen (secondary N) is 1. The fourth-order valence-electron chi connectivity index (χ4n) is 2.39. The molecule has 1 aliphatic rings. The van der Waals surface area contributed by atoms with Gasteiger partial charge in [0.15, 0.2) is 6.10 Å². The van der Waals surface area contributed by atoms with Crippen LogP contribution < -0.4 is 10.1 Å². The van der Waals surface area contributed by atoms with E-state index < -0.39 is 12.0 Å². The van der Waals surface area contributed by atoms with Gasteiger partial charge in [-0.3, -0.25) is 9.59 Å². The third-order valence-corrected chi connectivity index (χ3v) is 3.87. The number of hydrogen-bond donors (Lipinski definition) is 1. The first kappa shape index (κ1) is 17.3. The number of anilines is 1. The summed E-state index contributed by atoms with van der Waals surface area (Å²) in [7, 11) is 1.50. The second-order valence-corrected chi connectivity index (χ2v) is 5.87. The molecule has 0 radical (unpaired) electrons. The summed E-state index contributed by atoms with van der Waals surface area (Å²) in [6.07, 6.45) is 5.42. The van der Waals surface area contributed by atoms with Crippen LogP contribution in [0.4, 0.5) is 5.69 Å². The smallest absolute Gasteiger partial charge is 0.307 e. The van der Waals surface area contributed by atoms with E-state index >= 15 is 0 Å². The molecule has 0 bridgehead atoms. The van der Waals surface area contributed by atoms with E-state index in [0.29, 0.717) is 22.9 Å². The van der Waals surface area contributed by atoms with Crippen molar-refractivity contribution in [3.63, 3.8) is 0 Å². The Morgan fingerprint density at radius 1 is 1.43 bits per heavy atom. The number of rotatable bonds is 6. The van der Waals surface area contributed by atoms with Gasteiger partial charge in [0.2, 0.25) is 0 Å². The van der Waals surface area contributed by atoms with E-state index in [2.05, 4.69) is 11.4 Å². The van der Waals surface area contributed by atoms with E-state index in [1.807, 2.05) is 6.08 Å². The molecule has 6 heteroatoms. The van der Waals surface area contributed by atoms with Crippen LogP contribution in [0.25, 0.3) is 0 Å². The van der Waals surface area contributed by atoms with Gasteiger partial charge in [0.05, 0.1) is 19.2 Å². The van der Waals surface area contributed by atoms with Crippen LogP contribution in [0, 0.1) is 5.92 Å². The van der Waals surface area contributed by atoms with Gasteiger partial charge in [-0.1, -0.05) is 23.8 Å². The van der Waals surface area contributed by atoms with E-state index in [0.717, 1.165) is 12.8 Å². The largest absolute Gasteiger partial charge is 0.495 e. The lowest BCUT2D eigenvalue weighted by Crippen LogP contribution is -2.30. The summed E-state index contributed by atoms with van der Waals surface area (Å²) in [6.45, 7) is 1.54. The molecular formula is C17H20ClNO4. The van der Waals surface area contributed by atoms with Crippen LogP contribution in [0.1, 0.15) is 26.2 Å². The van der Waals surface area contributed by atoms with Gasteiger partial charge in [-0.2, -0.15) is 0 Å². The number of carbonyl (C=O) groups is 2. The van der Waals surface area contributed by atoms with Gasteiger partial charge in [0.25, 0.3) is 5.91 Å². The zero-order valence-corrected chi connectivity index (χ0v) is 13.9. The standard InChI is InChI=1S/C17H20ClNO4/c1-11(23-16(20)9-12-5-3-4-6-12)17(21)19-14-10-13(18)7-8-15(14)22-2/h3,5,7-8,10-12H,4,6,9H2,1-2H3,(H,19,21)/t11-,12+/m1/s1. The minimum atomic E-state index is -0.892. The molecule has 23 heavy (non-hydrogen) atoms. The lowest BCUT2D eigenvalue weighted by molar-refractivity contribution is -0.153. The maximum atomic E-state index is 12.2. The molecule has 5 nitrogen and oxygen atoms in total. The van der Waals surface area contributed by atoms with Crippen LogP contribution in [0.3, 0.4) is 0 Å². The summed E-state index contributed by atoms with van der Waals surface area (Å²) < 4.78 is 10.4. The summed E-state index contributed by atoms with van der Waals surface area (Å²) in [5.41, 5.74) is 0.437. The maximum absolute atomic E-state index is 12.2. The van der Waals surface area contributed by atoms with Gasteiger partial charge in [-0.25, -0.2) is 0 Å². The van der Waals surface area contributed by atoms with Crippen molar-refractivity contribution < 1.29 is 19.1 Å². The third-order valence-electron chi connectivity index (χ3n) is 3.64. The molecule has 2 atom stereocenters. The van der Waals surface area contributed by atoms with Gasteiger partial charge in [0, 0.05) is 5.02 Å². The van der Waals surface area contributed by atoms with Crippen molar-refractivity contribution in [3.05, 3.63) is 35.4 Å². The second-order valence-electron chi connectivity index (χ2n) is 5.44. The molecule has 124 valence electrons. The van der Waals surface area contributed by atoms with Crippen LogP contribution in [0.5, 0.6) is 5.75 Å². The molecule has 1 aliphatic carbocycles. The Bertz CT molecular complexity index is 615. The van der Waals surface area contributed by atoms with Crippen LogP contribution in [-0.4, -0.2) is 25.1 Å². The molecule has 0 heterocycles. The van der Waals surface area contributed by atoms with Crippen LogP contribution >= 0.6 is 11.6 Å². The first-order valence-electron chi connectivity index (χ1n) is 7.50. The normalized spacial score (nSPS) is 17.6. The zero-order valence-electron chi connectivity index (χ0n) is 13.2. The Balaban J connectivity index is 1.90. The van der Waals surface area contributed by atoms with Gasteiger partial charge in [-0.15, -0.1) is 0 Å². The van der Waals surface area contributed by atoms with E-state index in [4.69, 9.17) is 21.1 Å². The van der Waals surface area contributed by atoms with Crippen molar-refractivity contribution in [1.29, 1.82) is 0 Å². The Hall–Kier alpha value is -2.01. The molecule has 0 aromatic heterocycles. The summed E-state index contributed by atoms with van der Waals surface area (Å²) in [5, 5.41) is 3.13. The van der Waals surface area contributed by atoms with E-state index in [1.165, 1.54) is 14.0 Å². The number of ether oxygens (including phenoxy) is 2. The molecule has 2 rings (SSSR count). The van der Waals surface area contributed by atoms with Gasteiger partial charge in [-0.05, 0) is 43.9 Å². The lowest BCUT2D eigenvalue weighted by Gasteiger charge is -2.16. The molecule has 0 unspecified atom stereocenters. The molecule has 1 amide bonds. The van der Waals surface area contributed by atoms with Crippen molar-refractivity contribution in [1.82, 2.24) is 0 Å². The highest BCUT2D eigenvalue weighted by Crippen LogP contribution is 2.28. The molecule has 0 saturated heterocycles. The minimum Gasteiger partial charge on any atom is -0.495 e. The van der Waals surface area contributed by atoms with Crippen molar-refractivity contribution in [2.24, 2.45) is 5.92 Å². The maximum Gasteiger partial charge on any atom is 0.307 e. The quantitative estimate of drug-likeness (QED) is 0.636. The minimum absolute atomic E-state index is 0.214. The van der Waals surface area contributed by atoms with Gasteiger partial charge >= 0.3 is 5.97 Å². The van der Waals surface area contributed by atoms with E-state index in [-0.39, 0.29) is 11.9 Å². The summed E-state index contributed by atoms with van der Waals surface area (Å²) >= 11 is 5.92. The van der Waals surface area contributed by atoms with Crippen molar-refractivity contribution in [2.45, 2.75) is 32.3 Å². The first-order chi connectivity index (χ1) is 11.0. The summed E-state index contributed by atoms with van der Waals surface area (Å²) in [6, 6.07) is 4.89.